The lowest BCUT2D eigenvalue weighted by Gasteiger charge is -2.33. The van der Waals surface area contributed by atoms with E-state index in [1.165, 1.54) is 0 Å². The molecule has 0 saturated carbocycles. The summed E-state index contributed by atoms with van der Waals surface area (Å²) in [5, 5.41) is 11.7. The van der Waals surface area contributed by atoms with Crippen molar-refractivity contribution < 1.29 is 19.4 Å². The molecule has 116 valence electrons. The summed E-state index contributed by atoms with van der Waals surface area (Å²) in [6.07, 6.45) is -0.477. The number of ether oxygens (including phenoxy) is 1. The van der Waals surface area contributed by atoms with Crippen LogP contribution in [0.2, 0.25) is 0 Å². The minimum atomic E-state index is -0.904. The topological polar surface area (TPSA) is 78.9 Å². The lowest BCUT2D eigenvalue weighted by atomic mass is 9.82. The van der Waals surface area contributed by atoms with Gasteiger partial charge in [-0.15, -0.1) is 0 Å². The van der Waals surface area contributed by atoms with E-state index >= 15 is 0 Å². The second kappa shape index (κ2) is 6.92. The van der Waals surface area contributed by atoms with Gasteiger partial charge in [0.2, 0.25) is 0 Å². The van der Waals surface area contributed by atoms with Crippen molar-refractivity contribution in [3.8, 4) is 0 Å². The van der Waals surface area contributed by atoms with Gasteiger partial charge in [-0.2, -0.15) is 0 Å². The molecular weight excluding hydrogens is 260 g/mol. The van der Waals surface area contributed by atoms with Crippen LogP contribution in [0.5, 0.6) is 0 Å². The summed E-state index contributed by atoms with van der Waals surface area (Å²) in [7, 11) is 0. The Kier molecular flexibility index (Phi) is 5.80. The molecule has 0 aliphatic carbocycles. The third kappa shape index (κ3) is 5.36. The fourth-order valence-electron chi connectivity index (χ4n) is 1.88. The largest absolute Gasteiger partial charge is 0.481 e. The molecule has 1 saturated heterocycles. The number of carbonyl (C=O) groups excluding carboxylic acids is 1. The van der Waals surface area contributed by atoms with Crippen molar-refractivity contribution in [2.75, 3.05) is 26.2 Å². The number of rotatable bonds is 4. The highest BCUT2D eigenvalue weighted by Gasteiger charge is 2.27. The molecule has 0 bridgehead atoms. The summed E-state index contributed by atoms with van der Waals surface area (Å²) in [4.78, 5) is 24.4. The van der Waals surface area contributed by atoms with Crippen molar-refractivity contribution >= 4 is 12.0 Å². The number of aliphatic carboxylic acids is 1. The van der Waals surface area contributed by atoms with Gasteiger partial charge >= 0.3 is 12.0 Å². The Morgan fingerprint density at radius 3 is 2.65 bits per heavy atom. The van der Waals surface area contributed by atoms with Crippen molar-refractivity contribution in [1.82, 2.24) is 10.2 Å². The summed E-state index contributed by atoms with van der Waals surface area (Å²) in [5.74, 6) is -0.541. The van der Waals surface area contributed by atoms with Crippen LogP contribution in [-0.2, 0) is 9.53 Å². The molecular formula is C14H26N2O4. The van der Waals surface area contributed by atoms with Crippen LogP contribution in [0.3, 0.4) is 0 Å². The molecule has 0 aromatic rings. The average Bonchev–Trinajstić information content (AvgIpc) is 2.33. The van der Waals surface area contributed by atoms with Gasteiger partial charge in [-0.1, -0.05) is 27.7 Å². The fraction of sp³-hybridized carbons (Fsp3) is 0.857. The Labute approximate surface area is 120 Å². The highest BCUT2D eigenvalue weighted by molar-refractivity contribution is 5.74. The van der Waals surface area contributed by atoms with Crippen LogP contribution in [0, 0.1) is 11.3 Å². The Morgan fingerprint density at radius 2 is 2.10 bits per heavy atom. The summed E-state index contributed by atoms with van der Waals surface area (Å²) in [6, 6.07) is -0.139. The molecule has 0 aromatic carbocycles. The number of nitrogens with one attached hydrogen (secondary N) is 1. The smallest absolute Gasteiger partial charge is 0.317 e. The molecule has 0 spiro atoms. The van der Waals surface area contributed by atoms with Crippen molar-refractivity contribution in [2.24, 2.45) is 11.3 Å². The number of hydrogen-bond acceptors (Lipinski definition) is 3. The van der Waals surface area contributed by atoms with E-state index in [0.29, 0.717) is 32.2 Å². The van der Waals surface area contributed by atoms with Gasteiger partial charge in [0.1, 0.15) is 0 Å². The second-order valence-electron chi connectivity index (χ2n) is 6.49. The highest BCUT2D eigenvalue weighted by Crippen LogP contribution is 2.24. The molecule has 2 N–H and O–H groups in total. The van der Waals surface area contributed by atoms with Crippen LogP contribution in [0.1, 0.15) is 34.1 Å². The first-order valence-corrected chi connectivity index (χ1v) is 7.06. The van der Waals surface area contributed by atoms with Gasteiger partial charge in [-0.3, -0.25) is 4.79 Å². The zero-order chi connectivity index (χ0) is 15.3. The van der Waals surface area contributed by atoms with Crippen LogP contribution >= 0.6 is 0 Å². The predicted molar refractivity (Wildman–Crippen MR) is 75.6 cm³/mol. The van der Waals surface area contributed by atoms with E-state index in [0.717, 1.165) is 0 Å². The van der Waals surface area contributed by atoms with E-state index in [9.17, 15) is 9.59 Å². The predicted octanol–water partition coefficient (Wildman–Crippen LogP) is 1.55. The molecule has 2 atom stereocenters. The lowest BCUT2D eigenvalue weighted by molar-refractivity contribution is -0.141. The summed E-state index contributed by atoms with van der Waals surface area (Å²) >= 11 is 0. The van der Waals surface area contributed by atoms with E-state index < -0.39 is 12.1 Å². The van der Waals surface area contributed by atoms with Crippen molar-refractivity contribution in [2.45, 2.75) is 40.2 Å². The van der Waals surface area contributed by atoms with Gasteiger partial charge in [0.25, 0.3) is 0 Å². The standard InChI is InChI=1S/C14H26N2O4/c1-10(14(2,3)4)8-15-13(19)16-5-6-20-11(9-16)7-12(17)18/h10-11H,5-9H2,1-4H3,(H,15,19)(H,17,18). The molecule has 2 unspecified atom stereocenters. The fourth-order valence-corrected chi connectivity index (χ4v) is 1.88. The zero-order valence-corrected chi connectivity index (χ0v) is 12.8. The minimum absolute atomic E-state index is 0.0673. The Bertz CT molecular complexity index is 352. The minimum Gasteiger partial charge on any atom is -0.481 e. The van der Waals surface area contributed by atoms with Crippen molar-refractivity contribution in [3.63, 3.8) is 0 Å². The van der Waals surface area contributed by atoms with E-state index in [1.54, 1.807) is 4.90 Å². The molecule has 1 aliphatic rings. The highest BCUT2D eigenvalue weighted by atomic mass is 16.5. The first-order valence-electron chi connectivity index (χ1n) is 7.06. The summed E-state index contributed by atoms with van der Waals surface area (Å²) in [6.45, 7) is 10.4. The van der Waals surface area contributed by atoms with Crippen LogP contribution in [-0.4, -0.2) is 54.4 Å². The van der Waals surface area contributed by atoms with Crippen LogP contribution in [0.25, 0.3) is 0 Å². The molecule has 2 amide bonds. The first kappa shape index (κ1) is 16.8. The second-order valence-corrected chi connectivity index (χ2v) is 6.49. The van der Waals surface area contributed by atoms with Crippen LogP contribution in [0.4, 0.5) is 4.79 Å². The lowest BCUT2D eigenvalue weighted by Crippen LogP contribution is -2.51. The molecule has 6 heteroatoms. The third-order valence-electron chi connectivity index (χ3n) is 3.87. The summed E-state index contributed by atoms with van der Waals surface area (Å²) in [5.41, 5.74) is 0.143. The molecule has 1 rings (SSSR count). The Balaban J connectivity index is 2.41. The number of amides is 2. The third-order valence-corrected chi connectivity index (χ3v) is 3.87. The van der Waals surface area contributed by atoms with Crippen molar-refractivity contribution in [1.29, 1.82) is 0 Å². The Morgan fingerprint density at radius 1 is 1.45 bits per heavy atom. The zero-order valence-electron chi connectivity index (χ0n) is 12.8. The maximum atomic E-state index is 12.1. The maximum absolute atomic E-state index is 12.1. The molecule has 0 radical (unpaired) electrons. The maximum Gasteiger partial charge on any atom is 0.317 e. The van der Waals surface area contributed by atoms with Gasteiger partial charge in [0, 0.05) is 19.6 Å². The first-order chi connectivity index (χ1) is 9.20. The van der Waals surface area contributed by atoms with Crippen LogP contribution < -0.4 is 5.32 Å². The number of urea groups is 1. The number of hydrogen-bond donors (Lipinski definition) is 2. The van der Waals surface area contributed by atoms with Crippen molar-refractivity contribution in [3.05, 3.63) is 0 Å². The summed E-state index contributed by atoms with van der Waals surface area (Å²) < 4.78 is 5.35. The number of carboxylic acids is 1. The molecule has 20 heavy (non-hydrogen) atoms. The van der Waals surface area contributed by atoms with Crippen LogP contribution in [0.15, 0.2) is 0 Å². The molecule has 1 fully saturated rings. The number of morpholine rings is 1. The number of carboxylic acid groups (broad SMARTS) is 1. The number of nitrogens with zero attached hydrogens (tertiary/aromatic N) is 1. The number of carbonyl (C=O) groups is 2. The normalized spacial score (nSPS) is 21.4. The molecule has 6 nitrogen and oxygen atoms in total. The van der Waals surface area contributed by atoms with Gasteiger partial charge < -0.3 is 20.1 Å². The van der Waals surface area contributed by atoms with E-state index in [2.05, 4.69) is 33.0 Å². The van der Waals surface area contributed by atoms with E-state index in [4.69, 9.17) is 9.84 Å². The average molecular weight is 286 g/mol. The van der Waals surface area contributed by atoms with E-state index in [1.807, 2.05) is 0 Å². The Hall–Kier alpha value is -1.30. The quantitative estimate of drug-likeness (QED) is 0.822. The molecule has 0 aromatic heterocycles. The SMILES string of the molecule is CC(CNC(=O)N1CCOC(CC(=O)O)C1)C(C)(C)C. The molecule has 1 heterocycles. The molecule has 1 aliphatic heterocycles. The monoisotopic (exact) mass is 286 g/mol. The van der Waals surface area contributed by atoms with Gasteiger partial charge in [-0.25, -0.2) is 4.79 Å². The van der Waals surface area contributed by atoms with Gasteiger partial charge in [0.05, 0.1) is 19.1 Å². The van der Waals surface area contributed by atoms with Gasteiger partial charge in [0.15, 0.2) is 0 Å². The van der Waals surface area contributed by atoms with Gasteiger partial charge in [-0.05, 0) is 11.3 Å². The van der Waals surface area contributed by atoms with E-state index in [-0.39, 0.29) is 17.9 Å².